The first-order valence-corrected chi connectivity index (χ1v) is 4.92. The van der Waals surface area contributed by atoms with Crippen LogP contribution in [0.3, 0.4) is 0 Å². The third-order valence-electron chi connectivity index (χ3n) is 1.61. The van der Waals surface area contributed by atoms with E-state index in [1.807, 2.05) is 13.8 Å². The van der Waals surface area contributed by atoms with Crippen molar-refractivity contribution >= 4 is 17.6 Å². The van der Waals surface area contributed by atoms with Crippen LogP contribution in [0, 0.1) is 0 Å². The summed E-state index contributed by atoms with van der Waals surface area (Å²) in [5, 5.41) is 5.11. The molecule has 0 radical (unpaired) electrons. The van der Waals surface area contributed by atoms with Gasteiger partial charge in [0.25, 0.3) is 0 Å². The van der Waals surface area contributed by atoms with Crippen LogP contribution in [0.1, 0.15) is 34.1 Å². The van der Waals surface area contributed by atoms with Crippen molar-refractivity contribution in [2.24, 2.45) is 0 Å². The first-order valence-electron chi connectivity index (χ1n) is 4.92. The highest BCUT2D eigenvalue weighted by Gasteiger charge is 2.16. The summed E-state index contributed by atoms with van der Waals surface area (Å²) in [5.74, 6) is -0.889. The summed E-state index contributed by atoms with van der Waals surface area (Å²) >= 11 is 0. The zero-order valence-electron chi connectivity index (χ0n) is 9.59. The van der Waals surface area contributed by atoms with Gasteiger partial charge in [-0.25, -0.2) is 0 Å². The van der Waals surface area contributed by atoms with Gasteiger partial charge < -0.3 is 10.6 Å². The number of carbonyl (C=O) groups is 3. The molecule has 0 bridgehead atoms. The highest BCUT2D eigenvalue weighted by atomic mass is 16.2. The van der Waals surface area contributed by atoms with Gasteiger partial charge in [0.1, 0.15) is 11.8 Å². The van der Waals surface area contributed by atoms with Crippen LogP contribution >= 0.6 is 0 Å². The highest BCUT2D eigenvalue weighted by molar-refractivity contribution is 5.98. The summed E-state index contributed by atoms with van der Waals surface area (Å²) in [7, 11) is 0. The molecule has 0 rings (SSSR count). The summed E-state index contributed by atoms with van der Waals surface area (Å²) in [6, 6.07) is -0.580. The van der Waals surface area contributed by atoms with E-state index in [9.17, 15) is 14.4 Å². The molecule has 0 aromatic carbocycles. The van der Waals surface area contributed by atoms with Gasteiger partial charge in [0, 0.05) is 6.04 Å². The van der Waals surface area contributed by atoms with Crippen molar-refractivity contribution in [3.05, 3.63) is 0 Å². The first kappa shape index (κ1) is 13.6. The second-order valence-electron chi connectivity index (χ2n) is 3.83. The van der Waals surface area contributed by atoms with E-state index in [1.54, 1.807) is 6.92 Å². The van der Waals surface area contributed by atoms with Gasteiger partial charge in [-0.3, -0.25) is 14.4 Å². The zero-order chi connectivity index (χ0) is 12.0. The van der Waals surface area contributed by atoms with Gasteiger partial charge in [-0.2, -0.15) is 0 Å². The first-order chi connectivity index (χ1) is 6.82. The fourth-order valence-electron chi connectivity index (χ4n) is 0.994. The third-order valence-corrected chi connectivity index (χ3v) is 1.61. The van der Waals surface area contributed by atoms with Crippen LogP contribution in [0.25, 0.3) is 0 Å². The van der Waals surface area contributed by atoms with Crippen LogP contribution < -0.4 is 10.6 Å². The van der Waals surface area contributed by atoms with Crippen molar-refractivity contribution in [1.82, 2.24) is 10.6 Å². The zero-order valence-corrected chi connectivity index (χ0v) is 9.59. The Morgan fingerprint density at radius 1 is 1.07 bits per heavy atom. The maximum absolute atomic E-state index is 11.4. The lowest BCUT2D eigenvalue weighted by Crippen LogP contribution is -2.47. The topological polar surface area (TPSA) is 75.3 Å². The molecule has 0 aliphatic rings. The second-order valence-corrected chi connectivity index (χ2v) is 3.83. The maximum atomic E-state index is 11.4. The largest absolute Gasteiger partial charge is 0.352 e. The van der Waals surface area contributed by atoms with E-state index in [4.69, 9.17) is 0 Å². The molecular formula is C10H18N2O3. The average Bonchev–Trinajstić information content (AvgIpc) is 2.00. The number of Topliss-reactive ketones (excluding diaryl/α,β-unsaturated/α-hetero) is 1. The van der Waals surface area contributed by atoms with Crippen molar-refractivity contribution in [2.45, 2.75) is 46.2 Å². The van der Waals surface area contributed by atoms with Crippen molar-refractivity contribution in [2.75, 3.05) is 0 Å². The van der Waals surface area contributed by atoms with E-state index >= 15 is 0 Å². The number of nitrogens with one attached hydrogen (secondary N) is 2. The van der Waals surface area contributed by atoms with Crippen molar-refractivity contribution < 1.29 is 14.4 Å². The van der Waals surface area contributed by atoms with E-state index in [0.29, 0.717) is 0 Å². The lowest BCUT2D eigenvalue weighted by atomic mass is 10.2. The molecule has 5 heteroatoms. The van der Waals surface area contributed by atoms with Crippen LogP contribution in [0.15, 0.2) is 0 Å². The van der Waals surface area contributed by atoms with Crippen LogP contribution in [0.5, 0.6) is 0 Å². The van der Waals surface area contributed by atoms with Crippen LogP contribution in [0.2, 0.25) is 0 Å². The summed E-state index contributed by atoms with van der Waals surface area (Å²) < 4.78 is 0. The minimum absolute atomic E-state index is 0.0321. The Morgan fingerprint density at radius 3 is 2.00 bits per heavy atom. The van der Waals surface area contributed by atoms with E-state index in [1.165, 1.54) is 6.92 Å². The maximum Gasteiger partial charge on any atom is 0.242 e. The highest BCUT2D eigenvalue weighted by Crippen LogP contribution is 1.88. The van der Waals surface area contributed by atoms with Crippen LogP contribution in [-0.2, 0) is 14.4 Å². The molecule has 0 saturated heterocycles. The Labute approximate surface area is 89.6 Å². The van der Waals surface area contributed by atoms with E-state index in [0.717, 1.165) is 0 Å². The van der Waals surface area contributed by atoms with Gasteiger partial charge in [0.05, 0.1) is 6.42 Å². The lowest BCUT2D eigenvalue weighted by Gasteiger charge is -2.15. The molecule has 15 heavy (non-hydrogen) atoms. The molecular weight excluding hydrogens is 196 g/mol. The van der Waals surface area contributed by atoms with Gasteiger partial charge in [0.15, 0.2) is 0 Å². The van der Waals surface area contributed by atoms with Gasteiger partial charge in [0.2, 0.25) is 11.8 Å². The molecule has 1 atom stereocenters. The standard InChI is InChI=1S/C10H18N2O3/c1-6(2)11-10(15)8(4)12-9(14)5-7(3)13/h6,8H,5H2,1-4H3,(H,11,15)(H,12,14). The van der Waals surface area contributed by atoms with Gasteiger partial charge in [-0.1, -0.05) is 0 Å². The molecule has 0 aromatic rings. The third kappa shape index (κ3) is 6.65. The molecule has 0 aliphatic carbocycles. The molecule has 2 amide bonds. The molecule has 86 valence electrons. The monoisotopic (exact) mass is 214 g/mol. The summed E-state index contributed by atoms with van der Waals surface area (Å²) in [6.07, 6.45) is -0.181. The molecule has 0 aromatic heterocycles. The van der Waals surface area contributed by atoms with Gasteiger partial charge >= 0.3 is 0 Å². The van der Waals surface area contributed by atoms with Crippen LogP contribution in [-0.4, -0.2) is 29.7 Å². The number of carbonyl (C=O) groups excluding carboxylic acids is 3. The van der Waals surface area contributed by atoms with Gasteiger partial charge in [-0.05, 0) is 27.7 Å². The quantitative estimate of drug-likeness (QED) is 0.632. The van der Waals surface area contributed by atoms with E-state index in [-0.39, 0.29) is 24.2 Å². The minimum Gasteiger partial charge on any atom is -0.352 e. The molecule has 0 aliphatic heterocycles. The number of hydrogen-bond acceptors (Lipinski definition) is 3. The summed E-state index contributed by atoms with van der Waals surface area (Å²) in [6.45, 7) is 6.58. The van der Waals surface area contributed by atoms with Crippen LogP contribution in [0.4, 0.5) is 0 Å². The fraction of sp³-hybridized carbons (Fsp3) is 0.700. The van der Waals surface area contributed by atoms with Gasteiger partial charge in [-0.15, -0.1) is 0 Å². The number of rotatable bonds is 5. The predicted molar refractivity (Wildman–Crippen MR) is 56.2 cm³/mol. The molecule has 0 spiro atoms. The molecule has 0 saturated carbocycles. The molecule has 1 unspecified atom stereocenters. The number of amides is 2. The fourth-order valence-corrected chi connectivity index (χ4v) is 0.994. The Bertz CT molecular complexity index is 261. The van der Waals surface area contributed by atoms with E-state index < -0.39 is 11.9 Å². The molecule has 0 heterocycles. The Balaban J connectivity index is 4.01. The van der Waals surface area contributed by atoms with Crippen molar-refractivity contribution in [3.8, 4) is 0 Å². The van der Waals surface area contributed by atoms with Crippen molar-refractivity contribution in [3.63, 3.8) is 0 Å². The molecule has 5 nitrogen and oxygen atoms in total. The lowest BCUT2D eigenvalue weighted by molar-refractivity contribution is -0.131. The predicted octanol–water partition coefficient (Wildman–Crippen LogP) is -0.00520. The average molecular weight is 214 g/mol. The minimum atomic E-state index is -0.612. The second kappa shape index (κ2) is 6.16. The smallest absolute Gasteiger partial charge is 0.242 e. The number of ketones is 1. The SMILES string of the molecule is CC(=O)CC(=O)NC(C)C(=O)NC(C)C. The van der Waals surface area contributed by atoms with E-state index in [2.05, 4.69) is 10.6 Å². The van der Waals surface area contributed by atoms with Crippen molar-refractivity contribution in [1.29, 1.82) is 0 Å². The summed E-state index contributed by atoms with van der Waals surface area (Å²) in [5.41, 5.74) is 0. The Hall–Kier alpha value is -1.39. The Morgan fingerprint density at radius 2 is 1.60 bits per heavy atom. The number of hydrogen-bond donors (Lipinski definition) is 2. The Kier molecular flexibility index (Phi) is 5.59. The molecule has 2 N–H and O–H groups in total. The molecule has 0 fully saturated rings. The normalized spacial score (nSPS) is 12.1. The summed E-state index contributed by atoms with van der Waals surface area (Å²) in [4.78, 5) is 33.1.